The van der Waals surface area contributed by atoms with Crippen molar-refractivity contribution in [1.82, 2.24) is 0 Å². The van der Waals surface area contributed by atoms with Crippen LogP contribution in [0.5, 0.6) is 0 Å². The first-order valence-electron chi connectivity index (χ1n) is 5.71. The summed E-state index contributed by atoms with van der Waals surface area (Å²) >= 11 is 3.30. The minimum atomic E-state index is 0.326. The summed E-state index contributed by atoms with van der Waals surface area (Å²) in [6.45, 7) is 2.28. The van der Waals surface area contributed by atoms with Gasteiger partial charge in [-0.1, -0.05) is 0 Å². The Hall–Kier alpha value is 0.109. The molecule has 84 valence electrons. The molecule has 2 heteroatoms. The average Bonchev–Trinajstić information content (AvgIpc) is 2.68. The Morgan fingerprint density at radius 1 is 1.44 bits per heavy atom. The molecule has 0 aliphatic heterocycles. The van der Waals surface area contributed by atoms with E-state index in [2.05, 4.69) is 43.6 Å². The molecule has 2 rings (SSSR count). The SMILES string of the molecule is CSC1(CC2=[C]([SnH])CC=C2)CC=CC=C1C. The zero-order valence-electron chi connectivity index (χ0n) is 9.99. The summed E-state index contributed by atoms with van der Waals surface area (Å²) in [5.74, 6) is 0. The standard InChI is InChI=1S/C14H17S.Sn.H/c1-12-7-5-6-10-14(12,15-2)11-13-8-3-4-9-13;;/h3,5-8H,4,10-11H2,1-2H3;;. The fraction of sp³-hybridized carbons (Fsp3) is 0.429. The van der Waals surface area contributed by atoms with Crippen LogP contribution in [0, 0.1) is 0 Å². The van der Waals surface area contributed by atoms with Gasteiger partial charge in [0.15, 0.2) is 0 Å². The topological polar surface area (TPSA) is 0 Å². The van der Waals surface area contributed by atoms with Crippen molar-refractivity contribution >= 4 is 34.3 Å². The van der Waals surface area contributed by atoms with E-state index in [0.29, 0.717) is 4.75 Å². The Morgan fingerprint density at radius 3 is 2.81 bits per heavy atom. The zero-order chi connectivity index (χ0) is 11.6. The molecular weight excluding hydrogens is 319 g/mol. The van der Waals surface area contributed by atoms with E-state index < -0.39 is 0 Å². The summed E-state index contributed by atoms with van der Waals surface area (Å²) in [6, 6.07) is 0. The van der Waals surface area contributed by atoms with E-state index >= 15 is 0 Å². The van der Waals surface area contributed by atoms with Gasteiger partial charge in [0, 0.05) is 0 Å². The number of thioether (sulfide) groups is 1. The first kappa shape index (κ1) is 12.6. The van der Waals surface area contributed by atoms with Crippen LogP contribution in [0.25, 0.3) is 0 Å². The number of allylic oxidation sites excluding steroid dienone is 7. The molecule has 0 aromatic rings. The van der Waals surface area contributed by atoms with Crippen LogP contribution < -0.4 is 0 Å². The molecular formula is C14H18SSn. The molecule has 2 radical (unpaired) electrons. The molecule has 0 amide bonds. The van der Waals surface area contributed by atoms with E-state index in [1.165, 1.54) is 47.4 Å². The Labute approximate surface area is 116 Å². The van der Waals surface area contributed by atoms with Crippen molar-refractivity contribution in [3.63, 3.8) is 0 Å². The van der Waals surface area contributed by atoms with Crippen LogP contribution in [-0.4, -0.2) is 33.5 Å². The molecule has 0 aromatic heterocycles. The maximum absolute atomic E-state index is 2.35. The Balaban J connectivity index is 2.23. The molecule has 1 atom stereocenters. The van der Waals surface area contributed by atoms with Crippen LogP contribution in [0.15, 0.2) is 45.1 Å². The number of hydrogen-bond donors (Lipinski definition) is 0. The first-order valence-corrected chi connectivity index (χ1v) is 8.58. The number of rotatable bonds is 3. The van der Waals surface area contributed by atoms with E-state index in [4.69, 9.17) is 0 Å². The van der Waals surface area contributed by atoms with Crippen LogP contribution in [0.1, 0.15) is 26.2 Å². The first-order chi connectivity index (χ1) is 7.68. The predicted octanol–water partition coefficient (Wildman–Crippen LogP) is 3.50. The Bertz CT molecular complexity index is 401. The van der Waals surface area contributed by atoms with Gasteiger partial charge in [0.2, 0.25) is 0 Å². The predicted molar refractivity (Wildman–Crippen MR) is 76.3 cm³/mol. The van der Waals surface area contributed by atoms with E-state index in [1.54, 1.807) is 9.16 Å². The molecule has 0 fully saturated rings. The van der Waals surface area contributed by atoms with Crippen molar-refractivity contribution in [2.45, 2.75) is 30.9 Å². The van der Waals surface area contributed by atoms with Crippen molar-refractivity contribution in [2.24, 2.45) is 0 Å². The molecule has 1 unspecified atom stereocenters. The summed E-state index contributed by atoms with van der Waals surface area (Å²) in [5.41, 5.74) is 3.14. The molecule has 0 aromatic carbocycles. The van der Waals surface area contributed by atoms with Crippen molar-refractivity contribution < 1.29 is 0 Å². The zero-order valence-corrected chi connectivity index (χ0v) is 14.1. The van der Waals surface area contributed by atoms with Crippen LogP contribution in [0.2, 0.25) is 0 Å². The summed E-state index contributed by atoms with van der Waals surface area (Å²) in [6.07, 6.45) is 17.3. The van der Waals surface area contributed by atoms with Crippen LogP contribution >= 0.6 is 11.8 Å². The number of hydrogen-bond acceptors (Lipinski definition) is 1. The van der Waals surface area contributed by atoms with Gasteiger partial charge >= 0.3 is 117 Å². The quantitative estimate of drug-likeness (QED) is 0.711. The third-order valence-corrected chi connectivity index (χ3v) is 6.73. The van der Waals surface area contributed by atoms with Crippen molar-refractivity contribution in [3.05, 3.63) is 45.1 Å². The fourth-order valence-electron chi connectivity index (χ4n) is 2.36. The Morgan fingerprint density at radius 2 is 2.25 bits per heavy atom. The summed E-state index contributed by atoms with van der Waals surface area (Å²) < 4.78 is 2.01. The van der Waals surface area contributed by atoms with Crippen LogP contribution in [-0.2, 0) is 0 Å². The van der Waals surface area contributed by atoms with Gasteiger partial charge in [-0.05, 0) is 0 Å². The third kappa shape index (κ3) is 2.35. The normalized spacial score (nSPS) is 28.8. The van der Waals surface area contributed by atoms with E-state index in [9.17, 15) is 0 Å². The molecule has 0 saturated carbocycles. The molecule has 0 saturated heterocycles. The van der Waals surface area contributed by atoms with Gasteiger partial charge in [0.1, 0.15) is 0 Å². The molecule has 0 N–H and O–H groups in total. The van der Waals surface area contributed by atoms with Gasteiger partial charge < -0.3 is 0 Å². The minimum absolute atomic E-state index is 0.326. The van der Waals surface area contributed by atoms with E-state index in [1.807, 2.05) is 11.8 Å². The van der Waals surface area contributed by atoms with Gasteiger partial charge in [-0.2, -0.15) is 0 Å². The molecule has 2 aliphatic rings. The van der Waals surface area contributed by atoms with Crippen LogP contribution in [0.4, 0.5) is 0 Å². The van der Waals surface area contributed by atoms with Gasteiger partial charge in [-0.3, -0.25) is 0 Å². The second-order valence-electron chi connectivity index (χ2n) is 4.51. The Kier molecular flexibility index (Phi) is 4.06. The van der Waals surface area contributed by atoms with Gasteiger partial charge in [0.25, 0.3) is 0 Å². The monoisotopic (exact) mass is 338 g/mol. The van der Waals surface area contributed by atoms with Crippen molar-refractivity contribution in [1.29, 1.82) is 0 Å². The molecule has 2 aliphatic carbocycles. The third-order valence-electron chi connectivity index (χ3n) is 3.58. The summed E-state index contributed by atoms with van der Waals surface area (Å²) in [7, 11) is 0. The molecule has 16 heavy (non-hydrogen) atoms. The van der Waals surface area contributed by atoms with Crippen molar-refractivity contribution in [2.75, 3.05) is 6.26 Å². The van der Waals surface area contributed by atoms with E-state index in [-0.39, 0.29) is 0 Å². The molecule has 0 spiro atoms. The van der Waals surface area contributed by atoms with Gasteiger partial charge in [0.05, 0.1) is 0 Å². The second-order valence-corrected chi connectivity index (χ2v) is 7.69. The second kappa shape index (κ2) is 5.17. The van der Waals surface area contributed by atoms with Gasteiger partial charge in [-0.25, -0.2) is 0 Å². The van der Waals surface area contributed by atoms with Crippen molar-refractivity contribution in [3.8, 4) is 0 Å². The molecule has 0 bridgehead atoms. The average molecular weight is 337 g/mol. The molecule has 0 nitrogen and oxygen atoms in total. The summed E-state index contributed by atoms with van der Waals surface area (Å²) in [5, 5.41) is 0. The van der Waals surface area contributed by atoms with E-state index in [0.717, 1.165) is 0 Å². The summed E-state index contributed by atoms with van der Waals surface area (Å²) in [4.78, 5) is 0. The molecule has 0 heterocycles. The van der Waals surface area contributed by atoms with Crippen LogP contribution in [0.3, 0.4) is 0 Å². The fourth-order valence-corrected chi connectivity index (χ4v) is 4.27. The maximum atomic E-state index is 2.35. The van der Waals surface area contributed by atoms with Gasteiger partial charge in [-0.15, -0.1) is 0 Å².